The third kappa shape index (κ3) is 2.16. The standard InChI is InChI=1S/C16H21BrN2OS/c1-5-9(2)19-15(21)18-14-10(3)16(19,4)20-13-7-6-11(17)8-12(13)14/h6-10,14H,5H2,1-4H3,(H,18,21). The molecule has 2 aliphatic rings. The van der Waals surface area contributed by atoms with Gasteiger partial charge in [-0.25, -0.2) is 0 Å². The summed E-state index contributed by atoms with van der Waals surface area (Å²) < 4.78 is 7.51. The first-order chi connectivity index (χ1) is 9.88. The molecule has 1 saturated heterocycles. The molecule has 0 saturated carbocycles. The Morgan fingerprint density at radius 2 is 2.24 bits per heavy atom. The summed E-state index contributed by atoms with van der Waals surface area (Å²) in [5.41, 5.74) is 0.781. The van der Waals surface area contributed by atoms with E-state index in [-0.39, 0.29) is 6.04 Å². The minimum absolute atomic E-state index is 0.198. The predicted molar refractivity (Wildman–Crippen MR) is 92.4 cm³/mol. The summed E-state index contributed by atoms with van der Waals surface area (Å²) in [4.78, 5) is 2.23. The van der Waals surface area contributed by atoms with E-state index in [2.05, 4.69) is 59.9 Å². The first-order valence-electron chi connectivity index (χ1n) is 7.46. The van der Waals surface area contributed by atoms with E-state index in [1.54, 1.807) is 0 Å². The summed E-state index contributed by atoms with van der Waals surface area (Å²) in [6.07, 6.45) is 1.03. The number of rotatable bonds is 2. The highest BCUT2D eigenvalue weighted by atomic mass is 79.9. The highest BCUT2D eigenvalue weighted by Crippen LogP contribution is 2.49. The SMILES string of the molecule is CCC(C)N1C(=S)NC2c3cc(Br)ccc3OC1(C)C2C. The molecule has 3 rings (SSSR count). The van der Waals surface area contributed by atoms with Crippen LogP contribution < -0.4 is 10.1 Å². The van der Waals surface area contributed by atoms with E-state index in [4.69, 9.17) is 17.0 Å². The largest absolute Gasteiger partial charge is 0.467 e. The maximum Gasteiger partial charge on any atom is 0.187 e. The molecular formula is C16H21BrN2OS. The smallest absolute Gasteiger partial charge is 0.187 e. The van der Waals surface area contributed by atoms with Gasteiger partial charge in [0, 0.05) is 22.0 Å². The van der Waals surface area contributed by atoms with Gasteiger partial charge in [-0.2, -0.15) is 0 Å². The fourth-order valence-electron chi connectivity index (χ4n) is 3.45. The van der Waals surface area contributed by atoms with Crippen LogP contribution in [0.3, 0.4) is 0 Å². The summed E-state index contributed by atoms with van der Waals surface area (Å²) in [6.45, 7) is 8.78. The topological polar surface area (TPSA) is 24.5 Å². The second kappa shape index (κ2) is 5.13. The van der Waals surface area contributed by atoms with Crippen molar-refractivity contribution in [3.63, 3.8) is 0 Å². The zero-order chi connectivity index (χ0) is 15.4. The molecule has 2 bridgehead atoms. The van der Waals surface area contributed by atoms with E-state index in [9.17, 15) is 0 Å². The Hall–Kier alpha value is -0.810. The minimum Gasteiger partial charge on any atom is -0.467 e. The van der Waals surface area contributed by atoms with E-state index in [1.165, 1.54) is 5.56 Å². The van der Waals surface area contributed by atoms with E-state index >= 15 is 0 Å². The Kier molecular flexibility index (Phi) is 3.69. The van der Waals surface area contributed by atoms with Crippen LogP contribution in [0.4, 0.5) is 0 Å². The fourth-order valence-corrected chi connectivity index (χ4v) is 4.31. The molecule has 4 atom stereocenters. The lowest BCUT2D eigenvalue weighted by Gasteiger charge is -2.57. The van der Waals surface area contributed by atoms with Gasteiger partial charge in [0.05, 0.1) is 6.04 Å². The van der Waals surface area contributed by atoms with Gasteiger partial charge in [-0.1, -0.05) is 29.8 Å². The van der Waals surface area contributed by atoms with Crippen molar-refractivity contribution < 1.29 is 4.74 Å². The number of hydrogen-bond acceptors (Lipinski definition) is 2. The number of nitrogens with zero attached hydrogens (tertiary/aromatic N) is 1. The van der Waals surface area contributed by atoms with Crippen molar-refractivity contribution >= 4 is 33.3 Å². The van der Waals surface area contributed by atoms with Crippen LogP contribution in [-0.4, -0.2) is 21.8 Å². The summed E-state index contributed by atoms with van der Waals surface area (Å²) in [7, 11) is 0. The molecule has 114 valence electrons. The average molecular weight is 369 g/mol. The van der Waals surface area contributed by atoms with Crippen molar-refractivity contribution in [2.45, 2.75) is 51.9 Å². The van der Waals surface area contributed by atoms with E-state index < -0.39 is 5.72 Å². The van der Waals surface area contributed by atoms with Crippen LogP contribution in [0.15, 0.2) is 22.7 Å². The average Bonchev–Trinajstić information content (AvgIpc) is 2.43. The lowest BCUT2D eigenvalue weighted by atomic mass is 9.80. The monoisotopic (exact) mass is 368 g/mol. The predicted octanol–water partition coefficient (Wildman–Crippen LogP) is 4.22. The molecule has 0 aromatic heterocycles. The van der Waals surface area contributed by atoms with Crippen LogP contribution >= 0.6 is 28.1 Å². The second-order valence-corrected chi connectivity index (χ2v) is 7.48. The first kappa shape index (κ1) is 15.1. The van der Waals surface area contributed by atoms with Crippen LogP contribution in [-0.2, 0) is 0 Å². The number of fused-ring (bicyclic) bond motifs is 4. The first-order valence-corrected chi connectivity index (χ1v) is 8.67. The van der Waals surface area contributed by atoms with Crippen LogP contribution in [0.5, 0.6) is 5.75 Å². The van der Waals surface area contributed by atoms with Gasteiger partial charge < -0.3 is 15.0 Å². The lowest BCUT2D eigenvalue weighted by molar-refractivity contribution is -0.124. The lowest BCUT2D eigenvalue weighted by Crippen LogP contribution is -2.70. The molecule has 0 radical (unpaired) electrons. The van der Waals surface area contributed by atoms with Crippen LogP contribution in [0.25, 0.3) is 0 Å². The molecule has 4 unspecified atom stereocenters. The Morgan fingerprint density at radius 1 is 1.52 bits per heavy atom. The number of hydrogen-bond donors (Lipinski definition) is 1. The van der Waals surface area contributed by atoms with E-state index in [1.807, 2.05) is 12.1 Å². The zero-order valence-corrected chi connectivity index (χ0v) is 15.2. The molecule has 1 N–H and O–H groups in total. The van der Waals surface area contributed by atoms with E-state index in [0.717, 1.165) is 21.8 Å². The van der Waals surface area contributed by atoms with Gasteiger partial charge >= 0.3 is 0 Å². The van der Waals surface area contributed by atoms with Gasteiger partial charge in [-0.05, 0) is 50.7 Å². The van der Waals surface area contributed by atoms with Crippen LogP contribution in [0.2, 0.25) is 0 Å². The highest BCUT2D eigenvalue weighted by Gasteiger charge is 2.54. The van der Waals surface area contributed by atoms with Gasteiger partial charge in [-0.3, -0.25) is 0 Å². The quantitative estimate of drug-likeness (QED) is 0.789. The van der Waals surface area contributed by atoms with Gasteiger partial charge in [0.15, 0.2) is 10.8 Å². The zero-order valence-electron chi connectivity index (χ0n) is 12.8. The molecule has 1 aromatic carbocycles. The molecule has 21 heavy (non-hydrogen) atoms. The number of nitrogens with one attached hydrogen (secondary N) is 1. The highest BCUT2D eigenvalue weighted by molar-refractivity contribution is 9.10. The van der Waals surface area contributed by atoms with Gasteiger partial charge in [0.1, 0.15) is 5.75 Å². The fraction of sp³-hybridized carbons (Fsp3) is 0.562. The summed E-state index contributed by atoms with van der Waals surface area (Å²) >= 11 is 9.18. The molecule has 3 nitrogen and oxygen atoms in total. The van der Waals surface area contributed by atoms with Gasteiger partial charge in [0.25, 0.3) is 0 Å². The molecule has 1 aromatic rings. The van der Waals surface area contributed by atoms with Crippen LogP contribution in [0, 0.1) is 5.92 Å². The number of ether oxygens (including phenoxy) is 1. The second-order valence-electron chi connectivity index (χ2n) is 6.18. The minimum atomic E-state index is -0.400. The third-order valence-electron chi connectivity index (χ3n) is 4.98. The van der Waals surface area contributed by atoms with Gasteiger partial charge in [0.2, 0.25) is 0 Å². The summed E-state index contributed by atoms with van der Waals surface area (Å²) in [5, 5.41) is 4.32. The van der Waals surface area contributed by atoms with Crippen molar-refractivity contribution in [1.82, 2.24) is 10.2 Å². The van der Waals surface area contributed by atoms with Crippen molar-refractivity contribution in [2.24, 2.45) is 5.92 Å². The van der Waals surface area contributed by atoms with Crippen LogP contribution in [0.1, 0.15) is 45.7 Å². The molecule has 0 amide bonds. The molecule has 5 heteroatoms. The molecular weight excluding hydrogens is 348 g/mol. The van der Waals surface area contributed by atoms with Crippen molar-refractivity contribution in [3.05, 3.63) is 28.2 Å². The van der Waals surface area contributed by atoms with E-state index in [0.29, 0.717) is 12.0 Å². The Balaban J connectivity index is 2.11. The Bertz CT molecular complexity index is 594. The molecule has 0 aliphatic carbocycles. The number of halogens is 1. The maximum atomic E-state index is 6.44. The summed E-state index contributed by atoms with van der Waals surface area (Å²) in [5.74, 6) is 1.26. The Labute approximate surface area is 140 Å². The number of benzene rings is 1. The van der Waals surface area contributed by atoms with Crippen molar-refractivity contribution in [1.29, 1.82) is 0 Å². The normalized spacial score (nSPS) is 32.0. The van der Waals surface area contributed by atoms with Crippen molar-refractivity contribution in [3.8, 4) is 5.75 Å². The van der Waals surface area contributed by atoms with Gasteiger partial charge in [-0.15, -0.1) is 0 Å². The third-order valence-corrected chi connectivity index (χ3v) is 5.78. The number of thiocarbonyl (C=S) groups is 1. The molecule has 0 spiro atoms. The maximum absolute atomic E-state index is 6.44. The molecule has 1 fully saturated rings. The Morgan fingerprint density at radius 3 is 2.90 bits per heavy atom. The van der Waals surface area contributed by atoms with Crippen molar-refractivity contribution in [2.75, 3.05) is 0 Å². The molecule has 2 heterocycles. The molecule has 2 aliphatic heterocycles. The summed E-state index contributed by atoms with van der Waals surface area (Å²) in [6, 6.07) is 6.74.